The highest BCUT2D eigenvalue weighted by Gasteiger charge is 2.18. The lowest BCUT2D eigenvalue weighted by atomic mass is 10.1. The van der Waals surface area contributed by atoms with Gasteiger partial charge in [-0.3, -0.25) is 0 Å². The Morgan fingerprint density at radius 2 is 1.00 bits per heavy atom. The van der Waals surface area contributed by atoms with Crippen LogP contribution in [0.5, 0.6) is 0 Å². The van der Waals surface area contributed by atoms with Crippen molar-refractivity contribution in [2.75, 3.05) is 0 Å². The minimum Gasteiger partial charge on any atom is -0.243 e. The first kappa shape index (κ1) is 21.0. The van der Waals surface area contributed by atoms with Gasteiger partial charge in [0, 0.05) is 11.1 Å². The maximum Gasteiger partial charge on any atom is 0.235 e. The van der Waals surface area contributed by atoms with Crippen molar-refractivity contribution in [1.29, 1.82) is 0 Å². The van der Waals surface area contributed by atoms with Crippen LogP contribution in [0, 0.1) is 13.8 Å². The van der Waals surface area contributed by atoms with E-state index in [2.05, 4.69) is 58.5 Å². The number of pyridine rings is 1. The van der Waals surface area contributed by atoms with Crippen LogP contribution in [0.1, 0.15) is 11.1 Å². The first-order valence-corrected chi connectivity index (χ1v) is 12.8. The predicted octanol–water partition coefficient (Wildman–Crippen LogP) is 5.36. The Balaban J connectivity index is 1.26. The van der Waals surface area contributed by atoms with Crippen LogP contribution in [0.3, 0.4) is 0 Å². The first-order chi connectivity index (χ1) is 17.6. The van der Waals surface area contributed by atoms with E-state index >= 15 is 0 Å². The summed E-state index contributed by atoms with van der Waals surface area (Å²) in [4.78, 5) is 6.30. The van der Waals surface area contributed by atoms with E-state index in [4.69, 9.17) is 15.2 Å². The second kappa shape index (κ2) is 8.11. The van der Waals surface area contributed by atoms with Crippen molar-refractivity contribution >= 4 is 32.6 Å². The van der Waals surface area contributed by atoms with E-state index in [1.807, 2.05) is 42.5 Å². The van der Waals surface area contributed by atoms with Gasteiger partial charge in [-0.25, -0.2) is 4.98 Å². The van der Waals surface area contributed by atoms with Crippen LogP contribution in [0.4, 0.5) is 0 Å². The van der Waals surface area contributed by atoms with Crippen LogP contribution in [-0.2, 0) is 0 Å². The molecule has 0 atom stereocenters. The Kier molecular flexibility index (Phi) is 4.72. The van der Waals surface area contributed by atoms with Crippen molar-refractivity contribution in [2.45, 2.75) is 13.8 Å². The Morgan fingerprint density at radius 1 is 0.556 bits per heavy atom. The highest BCUT2D eigenvalue weighted by molar-refractivity contribution is 7.20. The third-order valence-electron chi connectivity index (χ3n) is 5.79. The average molecular weight is 508 g/mol. The molecule has 0 saturated heterocycles. The summed E-state index contributed by atoms with van der Waals surface area (Å²) in [5.74, 6) is 1.42. The summed E-state index contributed by atoms with van der Waals surface area (Å²) in [6.07, 6.45) is 0. The SMILES string of the molecule is Cc1ccc(-c2nnc3sc(-c4cccc(-c5nn6c(-c7ccc(C)cc7)nnc6s5)n4)nn23)cc1. The molecule has 0 fully saturated rings. The second-order valence-electron chi connectivity index (χ2n) is 8.39. The molecule has 5 aromatic heterocycles. The lowest BCUT2D eigenvalue weighted by Gasteiger charge is -2.00. The molecule has 2 aromatic carbocycles. The molecule has 7 aromatic rings. The van der Waals surface area contributed by atoms with E-state index in [1.54, 1.807) is 9.03 Å². The lowest BCUT2D eigenvalue weighted by molar-refractivity contribution is 0.962. The van der Waals surface area contributed by atoms with Gasteiger partial charge in [-0.1, -0.05) is 88.4 Å². The van der Waals surface area contributed by atoms with E-state index in [9.17, 15) is 0 Å². The minimum atomic E-state index is 0.709. The Morgan fingerprint density at radius 3 is 1.44 bits per heavy atom. The number of rotatable bonds is 4. The van der Waals surface area contributed by atoms with Crippen LogP contribution < -0.4 is 0 Å². The van der Waals surface area contributed by atoms with E-state index in [1.165, 1.54) is 33.8 Å². The number of hydrogen-bond donors (Lipinski definition) is 0. The van der Waals surface area contributed by atoms with Crippen LogP contribution in [0.25, 0.3) is 54.1 Å². The van der Waals surface area contributed by atoms with E-state index in [-0.39, 0.29) is 0 Å². The highest BCUT2D eigenvalue weighted by atomic mass is 32.1. The van der Waals surface area contributed by atoms with Crippen molar-refractivity contribution < 1.29 is 0 Å². The lowest BCUT2D eigenvalue weighted by Crippen LogP contribution is -1.94. The third kappa shape index (κ3) is 3.48. The summed E-state index contributed by atoms with van der Waals surface area (Å²) in [5.41, 5.74) is 5.82. The van der Waals surface area contributed by atoms with Crippen molar-refractivity contribution in [1.82, 2.24) is 44.6 Å². The molecule has 0 bridgehead atoms. The van der Waals surface area contributed by atoms with Gasteiger partial charge in [0.25, 0.3) is 0 Å². The molecule has 174 valence electrons. The van der Waals surface area contributed by atoms with Crippen LogP contribution >= 0.6 is 22.7 Å². The summed E-state index contributed by atoms with van der Waals surface area (Å²) in [7, 11) is 0. The maximum atomic E-state index is 4.86. The zero-order valence-electron chi connectivity index (χ0n) is 19.2. The predicted molar refractivity (Wildman–Crippen MR) is 140 cm³/mol. The summed E-state index contributed by atoms with van der Waals surface area (Å²) in [6.45, 7) is 4.12. The van der Waals surface area contributed by atoms with E-state index < -0.39 is 0 Å². The van der Waals surface area contributed by atoms with Gasteiger partial charge >= 0.3 is 0 Å². The molecule has 0 amide bonds. The van der Waals surface area contributed by atoms with Crippen molar-refractivity contribution in [3.8, 4) is 44.2 Å². The monoisotopic (exact) mass is 507 g/mol. The van der Waals surface area contributed by atoms with Crippen molar-refractivity contribution in [3.05, 3.63) is 77.9 Å². The Bertz CT molecular complexity index is 1720. The molecule has 0 N–H and O–H groups in total. The largest absolute Gasteiger partial charge is 0.243 e. The molecule has 5 heterocycles. The molecule has 36 heavy (non-hydrogen) atoms. The molecule has 0 radical (unpaired) electrons. The number of hydrogen-bond acceptors (Lipinski definition) is 9. The fourth-order valence-electron chi connectivity index (χ4n) is 3.88. The smallest absolute Gasteiger partial charge is 0.235 e. The number of aromatic nitrogens is 9. The zero-order chi connectivity index (χ0) is 24.2. The fourth-order valence-corrected chi connectivity index (χ4v) is 5.50. The average Bonchev–Trinajstić information content (AvgIpc) is 3.66. The normalized spacial score (nSPS) is 11.6. The molecule has 0 aliphatic carbocycles. The molecular weight excluding hydrogens is 490 g/mol. The number of aryl methyl sites for hydroxylation is 2. The molecular formula is C25H17N9S2. The van der Waals surface area contributed by atoms with Gasteiger partial charge in [0.1, 0.15) is 11.4 Å². The molecule has 0 unspecified atom stereocenters. The standard InChI is InChI=1S/C25H17N9S2/c1-14-6-10-16(11-7-14)20-27-29-24-33(20)31-22(35-24)18-4-3-5-19(26-18)23-32-34-21(28-30-25(34)36-23)17-12-8-15(2)9-13-17/h3-13H,1-2H3. The Hall–Kier alpha value is -4.35. The first-order valence-electron chi connectivity index (χ1n) is 11.2. The van der Waals surface area contributed by atoms with Crippen LogP contribution in [0.2, 0.25) is 0 Å². The molecule has 0 aliphatic heterocycles. The topological polar surface area (TPSA) is 99.0 Å². The molecule has 9 nitrogen and oxygen atoms in total. The number of nitrogens with zero attached hydrogens (tertiary/aromatic N) is 9. The van der Waals surface area contributed by atoms with Gasteiger partial charge in [-0.2, -0.15) is 19.2 Å². The second-order valence-corrected chi connectivity index (χ2v) is 10.3. The summed E-state index contributed by atoms with van der Waals surface area (Å²) < 4.78 is 3.55. The molecule has 7 rings (SSSR count). The van der Waals surface area contributed by atoms with Gasteiger partial charge in [0.05, 0.1) is 0 Å². The Labute approximate surface area is 212 Å². The van der Waals surface area contributed by atoms with Crippen molar-refractivity contribution in [3.63, 3.8) is 0 Å². The molecule has 0 aliphatic rings. The number of fused-ring (bicyclic) bond motifs is 2. The fraction of sp³-hybridized carbons (Fsp3) is 0.0800. The van der Waals surface area contributed by atoms with Gasteiger partial charge in [0.2, 0.25) is 9.92 Å². The molecule has 0 saturated carbocycles. The van der Waals surface area contributed by atoms with Gasteiger partial charge < -0.3 is 0 Å². The molecule has 0 spiro atoms. The minimum absolute atomic E-state index is 0.709. The van der Waals surface area contributed by atoms with E-state index in [0.717, 1.165) is 32.5 Å². The summed E-state index contributed by atoms with van der Waals surface area (Å²) in [5, 5.41) is 28.4. The third-order valence-corrected chi connectivity index (χ3v) is 7.63. The van der Waals surface area contributed by atoms with Gasteiger partial charge in [-0.05, 0) is 26.0 Å². The van der Waals surface area contributed by atoms with E-state index in [0.29, 0.717) is 21.6 Å². The van der Waals surface area contributed by atoms with Crippen molar-refractivity contribution in [2.24, 2.45) is 0 Å². The van der Waals surface area contributed by atoms with Gasteiger partial charge in [0.15, 0.2) is 21.7 Å². The maximum absolute atomic E-state index is 4.86. The highest BCUT2D eigenvalue weighted by Crippen LogP contribution is 2.31. The van der Waals surface area contributed by atoms with Gasteiger partial charge in [-0.15, -0.1) is 20.4 Å². The van der Waals surface area contributed by atoms with Crippen LogP contribution in [-0.4, -0.2) is 44.6 Å². The summed E-state index contributed by atoms with van der Waals surface area (Å²) in [6, 6.07) is 22.2. The molecule has 11 heteroatoms. The summed E-state index contributed by atoms with van der Waals surface area (Å²) >= 11 is 2.90. The zero-order valence-corrected chi connectivity index (χ0v) is 20.8. The number of benzene rings is 2. The van der Waals surface area contributed by atoms with Crippen LogP contribution in [0.15, 0.2) is 66.7 Å². The quantitative estimate of drug-likeness (QED) is 0.316.